The minimum atomic E-state index is -1.51. The Bertz CT molecular complexity index is 2370. The standard InChI is InChI=1S/C62H112N18O11/c1-40(2)38-50-61(90)78-49(29-30-52(70)81)60(89)76-45(25-9-16-34-66)56(85)73-43(23-7-14-32-64)54(83)71-42(22-6-13-31-63)53(82)72-44(24-8-15-33-65)55(84)75-48(28-12-19-37-69)59(88)80-51(39-41-20-4-3-5-21-41)62(91)77-46(26-10-17-35-67)57(86)74-47(58(87)79-50)27-11-18-36-68/h3-5,20-21,40,42-51H,6-19,22-39,63-69H2,1-2H3,(H2,70,81)(H,71,83)(H,72,82)(H,73,85)(H,74,86)(H,75,84)(H,76,89)(H,77,91)(H,78,90)(H,79,87)(H,80,88)/t42-,43-,44-,45-,46-,47-,48-,49-,50-,51-/m0/s1. The van der Waals surface area contributed by atoms with Crippen LogP contribution in [0.4, 0.5) is 0 Å². The smallest absolute Gasteiger partial charge is 0.243 e. The fourth-order valence-electron chi connectivity index (χ4n) is 10.4. The molecule has 1 aromatic carbocycles. The van der Waals surface area contributed by atoms with E-state index >= 15 is 0 Å². The van der Waals surface area contributed by atoms with Gasteiger partial charge in [-0.2, -0.15) is 0 Å². The van der Waals surface area contributed by atoms with Crippen LogP contribution in [0.2, 0.25) is 0 Å². The lowest BCUT2D eigenvalue weighted by molar-refractivity contribution is -0.137. The minimum Gasteiger partial charge on any atom is -0.370 e. The zero-order valence-corrected chi connectivity index (χ0v) is 54.0. The van der Waals surface area contributed by atoms with E-state index in [0.717, 1.165) is 0 Å². The Hall–Kier alpha value is -6.89. The number of primary amides is 1. The van der Waals surface area contributed by atoms with Crippen LogP contribution in [0, 0.1) is 5.92 Å². The van der Waals surface area contributed by atoms with Crippen molar-refractivity contribution in [2.24, 2.45) is 51.8 Å². The summed E-state index contributed by atoms with van der Waals surface area (Å²) in [5, 5.41) is 27.8. The first kappa shape index (κ1) is 80.2. The molecule has 91 heavy (non-hydrogen) atoms. The van der Waals surface area contributed by atoms with Crippen LogP contribution in [0.25, 0.3) is 0 Å². The Morgan fingerprint density at radius 3 is 0.758 bits per heavy atom. The Balaban J connectivity index is 3.02. The molecule has 1 aliphatic rings. The van der Waals surface area contributed by atoms with Gasteiger partial charge in [-0.3, -0.25) is 52.7 Å². The van der Waals surface area contributed by atoms with Gasteiger partial charge in [0, 0.05) is 12.8 Å². The van der Waals surface area contributed by atoms with E-state index in [0.29, 0.717) is 95.5 Å². The molecule has 1 aliphatic heterocycles. The Kier molecular flexibility index (Phi) is 41.5. The number of benzene rings is 1. The van der Waals surface area contributed by atoms with Crippen LogP contribution in [0.5, 0.6) is 0 Å². The van der Waals surface area contributed by atoms with Gasteiger partial charge in [0.1, 0.15) is 60.4 Å². The van der Waals surface area contributed by atoms with Crippen molar-refractivity contribution in [1.82, 2.24) is 53.2 Å². The van der Waals surface area contributed by atoms with E-state index in [1.54, 1.807) is 44.2 Å². The largest absolute Gasteiger partial charge is 0.370 e. The van der Waals surface area contributed by atoms with Gasteiger partial charge in [0.15, 0.2) is 0 Å². The van der Waals surface area contributed by atoms with Gasteiger partial charge in [0.25, 0.3) is 0 Å². The first-order valence-electron chi connectivity index (χ1n) is 32.9. The van der Waals surface area contributed by atoms with Gasteiger partial charge < -0.3 is 99.0 Å². The number of rotatable bonds is 35. The van der Waals surface area contributed by atoms with E-state index in [9.17, 15) is 52.7 Å². The van der Waals surface area contributed by atoms with Crippen LogP contribution in [-0.4, -0.2) is 171 Å². The van der Waals surface area contributed by atoms with E-state index in [1.807, 2.05) is 0 Å². The van der Waals surface area contributed by atoms with Crippen molar-refractivity contribution in [3.05, 3.63) is 35.9 Å². The highest BCUT2D eigenvalue weighted by Crippen LogP contribution is 2.15. The molecular formula is C62H112N18O11. The topological polar surface area (TPSA) is 516 Å². The third-order valence-electron chi connectivity index (χ3n) is 15.6. The number of unbranched alkanes of at least 4 members (excludes halogenated alkanes) is 7. The first-order chi connectivity index (χ1) is 43.7. The molecule has 1 heterocycles. The molecule has 11 amide bonds. The number of nitrogens with one attached hydrogen (secondary N) is 10. The normalized spacial score (nSPS) is 23.5. The fourth-order valence-corrected chi connectivity index (χ4v) is 10.4. The van der Waals surface area contributed by atoms with Crippen LogP contribution >= 0.6 is 0 Å². The lowest BCUT2D eigenvalue weighted by atomic mass is 10.00. The summed E-state index contributed by atoms with van der Waals surface area (Å²) in [6.45, 7) is 5.36. The van der Waals surface area contributed by atoms with Crippen LogP contribution < -0.4 is 99.0 Å². The molecule has 0 spiro atoms. The zero-order valence-electron chi connectivity index (χ0n) is 54.0. The van der Waals surface area contributed by atoms with Crippen molar-refractivity contribution in [2.45, 2.75) is 235 Å². The Labute approximate surface area is 537 Å². The highest BCUT2D eigenvalue weighted by molar-refractivity contribution is 5.99. The number of hydrogen-bond acceptors (Lipinski definition) is 18. The average Bonchev–Trinajstić information content (AvgIpc) is 1.52. The maximum atomic E-state index is 14.8. The molecule has 0 saturated carbocycles. The molecule has 29 nitrogen and oxygen atoms in total. The van der Waals surface area contributed by atoms with E-state index in [4.69, 9.17) is 45.9 Å². The fraction of sp³-hybridized carbons (Fsp3) is 0.726. The highest BCUT2D eigenvalue weighted by atomic mass is 16.2. The van der Waals surface area contributed by atoms with Gasteiger partial charge in [0.2, 0.25) is 65.0 Å². The summed E-state index contributed by atoms with van der Waals surface area (Å²) in [6.07, 6.45) is 5.09. The quantitative estimate of drug-likeness (QED) is 0.0308. The molecule has 10 atom stereocenters. The summed E-state index contributed by atoms with van der Waals surface area (Å²) in [6, 6.07) is -4.55. The summed E-state index contributed by atoms with van der Waals surface area (Å²) >= 11 is 0. The van der Waals surface area contributed by atoms with Gasteiger partial charge in [-0.15, -0.1) is 0 Å². The zero-order chi connectivity index (χ0) is 67.5. The molecule has 0 unspecified atom stereocenters. The van der Waals surface area contributed by atoms with E-state index in [-0.39, 0.29) is 122 Å². The number of amides is 11. The summed E-state index contributed by atoms with van der Waals surface area (Å²) < 4.78 is 0. The molecule has 29 heteroatoms. The molecule has 2 rings (SSSR count). The first-order valence-corrected chi connectivity index (χ1v) is 32.9. The molecule has 0 aromatic heterocycles. The number of nitrogens with two attached hydrogens (primary N) is 8. The van der Waals surface area contributed by atoms with Crippen LogP contribution in [0.3, 0.4) is 0 Å². The molecule has 1 fully saturated rings. The van der Waals surface area contributed by atoms with Gasteiger partial charge in [-0.25, -0.2) is 0 Å². The van der Waals surface area contributed by atoms with Gasteiger partial charge in [0.05, 0.1) is 0 Å². The summed E-state index contributed by atoms with van der Waals surface area (Å²) in [7, 11) is 0. The Morgan fingerprint density at radius 2 is 0.527 bits per heavy atom. The second kappa shape index (κ2) is 47.1. The molecule has 0 radical (unpaired) electrons. The molecule has 0 aliphatic carbocycles. The molecular weight excluding hydrogens is 1170 g/mol. The van der Waals surface area contributed by atoms with Gasteiger partial charge >= 0.3 is 0 Å². The lowest BCUT2D eigenvalue weighted by Crippen LogP contribution is -2.61. The SMILES string of the molecule is CC(C)C[C@@H]1NC(=O)[C@H](CCCCN)NC(=O)[C@H](CCCCN)NC(=O)[C@H](Cc2ccccc2)NC(=O)[C@H](CCCCN)NC(=O)[C@H](CCCCN)NC(=O)[C@H](CCCCN)NC(=O)[C@H](CCCCN)NC(=O)[C@H](CCCCN)NC(=O)[C@H](CCC(N)=O)NC1=O. The molecule has 26 N–H and O–H groups in total. The van der Waals surface area contributed by atoms with Crippen LogP contribution in [-0.2, 0) is 59.2 Å². The number of hydrogen-bond donors (Lipinski definition) is 18. The summed E-state index contributed by atoms with van der Waals surface area (Å²) in [4.78, 5) is 159. The van der Waals surface area contributed by atoms with Crippen LogP contribution in [0.1, 0.15) is 174 Å². The summed E-state index contributed by atoms with van der Waals surface area (Å²) in [5.41, 5.74) is 47.3. The van der Waals surface area contributed by atoms with E-state index in [2.05, 4.69) is 53.2 Å². The molecule has 516 valence electrons. The second-order valence-electron chi connectivity index (χ2n) is 23.9. The second-order valence-corrected chi connectivity index (χ2v) is 23.9. The maximum Gasteiger partial charge on any atom is 0.243 e. The molecule has 0 bridgehead atoms. The van der Waals surface area contributed by atoms with Crippen LogP contribution in [0.15, 0.2) is 30.3 Å². The third-order valence-corrected chi connectivity index (χ3v) is 15.6. The number of carbonyl (C=O) groups is 11. The third kappa shape index (κ3) is 32.8. The minimum absolute atomic E-state index is 0.00475. The predicted octanol–water partition coefficient (Wildman–Crippen LogP) is -2.69. The lowest BCUT2D eigenvalue weighted by Gasteiger charge is -2.29. The van der Waals surface area contributed by atoms with Gasteiger partial charge in [-0.1, -0.05) is 44.2 Å². The van der Waals surface area contributed by atoms with Crippen molar-refractivity contribution in [3.63, 3.8) is 0 Å². The van der Waals surface area contributed by atoms with E-state index in [1.165, 1.54) is 0 Å². The highest BCUT2D eigenvalue weighted by Gasteiger charge is 2.37. The van der Waals surface area contributed by atoms with Crippen molar-refractivity contribution in [1.29, 1.82) is 0 Å². The van der Waals surface area contributed by atoms with Crippen molar-refractivity contribution in [2.75, 3.05) is 45.8 Å². The van der Waals surface area contributed by atoms with Gasteiger partial charge in [-0.05, 0) is 205 Å². The monoisotopic (exact) mass is 1280 g/mol. The molecule has 1 aromatic rings. The van der Waals surface area contributed by atoms with Crippen molar-refractivity contribution >= 4 is 65.0 Å². The Morgan fingerprint density at radius 1 is 0.319 bits per heavy atom. The predicted molar refractivity (Wildman–Crippen MR) is 348 cm³/mol. The average molecular weight is 1290 g/mol. The molecule has 1 saturated heterocycles. The van der Waals surface area contributed by atoms with Crippen molar-refractivity contribution in [3.8, 4) is 0 Å². The maximum absolute atomic E-state index is 14.8. The summed E-state index contributed by atoms with van der Waals surface area (Å²) in [5.74, 6) is -8.95. The van der Waals surface area contributed by atoms with Crippen molar-refractivity contribution < 1.29 is 52.7 Å². The number of carbonyl (C=O) groups excluding carboxylic acids is 11. The van der Waals surface area contributed by atoms with E-state index < -0.39 is 125 Å².